The van der Waals surface area contributed by atoms with Crippen molar-refractivity contribution < 1.29 is 4.79 Å². The van der Waals surface area contributed by atoms with Gasteiger partial charge in [0, 0.05) is 29.9 Å². The Balaban J connectivity index is 2.10. The van der Waals surface area contributed by atoms with E-state index in [1.807, 2.05) is 20.0 Å². The van der Waals surface area contributed by atoms with Gasteiger partial charge in [0.2, 0.25) is 0 Å². The van der Waals surface area contributed by atoms with E-state index in [9.17, 15) is 4.79 Å². The topological polar surface area (TPSA) is 77.0 Å². The van der Waals surface area contributed by atoms with Gasteiger partial charge in [-0.25, -0.2) is 0 Å². The lowest BCUT2D eigenvalue weighted by Gasteiger charge is -2.18. The van der Waals surface area contributed by atoms with E-state index >= 15 is 0 Å². The highest BCUT2D eigenvalue weighted by Gasteiger charge is 2.18. The molecule has 2 rings (SSSR count). The van der Waals surface area contributed by atoms with Crippen molar-refractivity contribution in [2.75, 3.05) is 7.05 Å². The highest BCUT2D eigenvalue weighted by molar-refractivity contribution is 6.12. The number of nitrogens with one attached hydrogen (secondary N) is 4. The van der Waals surface area contributed by atoms with Crippen LogP contribution in [0.25, 0.3) is 0 Å². The fraction of sp³-hybridized carbons (Fsp3) is 0.517. The van der Waals surface area contributed by atoms with Crippen molar-refractivity contribution in [1.82, 2.24) is 16.0 Å². The van der Waals surface area contributed by atoms with Crippen LogP contribution in [0.2, 0.25) is 0 Å². The normalized spacial score (nSPS) is 21.9. The highest BCUT2D eigenvalue weighted by atomic mass is 16.1. The quantitative estimate of drug-likeness (QED) is 0.127. The van der Waals surface area contributed by atoms with Crippen LogP contribution in [0.3, 0.4) is 0 Å². The van der Waals surface area contributed by atoms with Crippen LogP contribution in [-0.2, 0) is 4.79 Å². The number of hydrogen-bond donors (Lipinski definition) is 4. The molecule has 5 nitrogen and oxygen atoms in total. The van der Waals surface area contributed by atoms with Crippen molar-refractivity contribution >= 4 is 11.6 Å². The molecule has 0 bridgehead atoms. The van der Waals surface area contributed by atoms with Crippen molar-refractivity contribution in [2.45, 2.75) is 84.6 Å². The number of allylic oxidation sites excluding steroid dienone is 7. The Kier molecular flexibility index (Phi) is 11.7. The maximum Gasteiger partial charge on any atom is 0.250 e. The second-order valence-corrected chi connectivity index (χ2v) is 9.48. The molecular formula is C29H44N4O. The Hall–Kier alpha value is -2.82. The summed E-state index contributed by atoms with van der Waals surface area (Å²) in [6, 6.07) is 0.230. The standard InChI is InChI=1S/C29H44N4O/c1-6-7-13-24(27(30)23(4)28(31-5)32-25-14-9-8-10-15-25)19-18-22(3)29(34)33-26-16-11-12-21(2)17-20-26/h9,13-15,18-19,21,26,30-32H,3,6-8,10-12,16-17,20H2,1-2,4-5H3,(H,33,34)/b19-18-,24-13+,28-23-,30-27?. The first-order chi connectivity index (χ1) is 16.3. The van der Waals surface area contributed by atoms with Gasteiger partial charge in [-0.3, -0.25) is 10.2 Å². The third-order valence-corrected chi connectivity index (χ3v) is 6.55. The number of carbonyl (C=O) groups excluding carboxylic acids is 1. The molecule has 2 aliphatic carbocycles. The number of amides is 1. The van der Waals surface area contributed by atoms with Gasteiger partial charge in [0.25, 0.3) is 5.91 Å². The van der Waals surface area contributed by atoms with E-state index in [0.717, 1.165) is 79.9 Å². The van der Waals surface area contributed by atoms with Gasteiger partial charge in [-0.2, -0.15) is 0 Å². The first kappa shape index (κ1) is 27.4. The zero-order chi connectivity index (χ0) is 24.9. The molecule has 1 fully saturated rings. The zero-order valence-corrected chi connectivity index (χ0v) is 21.6. The van der Waals surface area contributed by atoms with Gasteiger partial charge >= 0.3 is 0 Å². The monoisotopic (exact) mass is 464 g/mol. The first-order valence-corrected chi connectivity index (χ1v) is 12.8. The molecule has 1 amide bonds. The van der Waals surface area contributed by atoms with E-state index in [0.29, 0.717) is 11.3 Å². The summed E-state index contributed by atoms with van der Waals surface area (Å²) >= 11 is 0. The summed E-state index contributed by atoms with van der Waals surface area (Å²) in [6.45, 7) is 10.3. The molecule has 0 saturated heterocycles. The first-order valence-electron chi connectivity index (χ1n) is 12.8. The van der Waals surface area contributed by atoms with Crippen LogP contribution in [0, 0.1) is 11.3 Å². The summed E-state index contributed by atoms with van der Waals surface area (Å²) in [6.07, 6.45) is 21.6. The second-order valence-electron chi connectivity index (χ2n) is 9.48. The van der Waals surface area contributed by atoms with Crippen molar-refractivity contribution in [1.29, 1.82) is 5.41 Å². The Morgan fingerprint density at radius 2 is 2.00 bits per heavy atom. The zero-order valence-electron chi connectivity index (χ0n) is 21.6. The predicted octanol–water partition coefficient (Wildman–Crippen LogP) is 6.20. The molecule has 5 heteroatoms. The molecule has 2 atom stereocenters. The number of unbranched alkanes of at least 4 members (excludes halogenated alkanes) is 1. The largest absolute Gasteiger partial charge is 0.374 e. The third kappa shape index (κ3) is 8.85. The van der Waals surface area contributed by atoms with Crippen LogP contribution in [0.1, 0.15) is 78.6 Å². The smallest absolute Gasteiger partial charge is 0.250 e. The predicted molar refractivity (Wildman–Crippen MR) is 145 cm³/mol. The number of carbonyl (C=O) groups is 1. The van der Waals surface area contributed by atoms with Gasteiger partial charge in [0.15, 0.2) is 0 Å². The molecule has 0 aliphatic heterocycles. The summed E-state index contributed by atoms with van der Waals surface area (Å²) in [5.74, 6) is 1.43. The average Bonchev–Trinajstić information content (AvgIpc) is 3.05. The Labute approximate surface area is 206 Å². The van der Waals surface area contributed by atoms with Gasteiger partial charge in [0.1, 0.15) is 5.82 Å². The summed E-state index contributed by atoms with van der Waals surface area (Å²) < 4.78 is 0. The minimum absolute atomic E-state index is 0.113. The van der Waals surface area contributed by atoms with Crippen molar-refractivity contribution in [3.63, 3.8) is 0 Å². The molecule has 4 N–H and O–H groups in total. The molecule has 2 unspecified atom stereocenters. The summed E-state index contributed by atoms with van der Waals surface area (Å²) in [4.78, 5) is 12.7. The van der Waals surface area contributed by atoms with E-state index in [-0.39, 0.29) is 11.9 Å². The van der Waals surface area contributed by atoms with Crippen molar-refractivity contribution in [2.24, 2.45) is 5.92 Å². The van der Waals surface area contributed by atoms with Gasteiger partial charge in [-0.05, 0) is 69.1 Å². The number of hydrogen-bond acceptors (Lipinski definition) is 4. The minimum Gasteiger partial charge on any atom is -0.374 e. The van der Waals surface area contributed by atoms with E-state index in [4.69, 9.17) is 5.41 Å². The molecule has 1 saturated carbocycles. The number of rotatable bonds is 11. The molecule has 0 heterocycles. The second kappa shape index (κ2) is 14.4. The SMILES string of the molecule is C=C(/C=C\C(=C/CCC)C(=N)/C(C)=C(/NC)NC1=CCCC=C1)C(=O)NC1CCCC(C)CC1. The van der Waals surface area contributed by atoms with Crippen LogP contribution >= 0.6 is 0 Å². The molecule has 0 aromatic rings. The Bertz CT molecular complexity index is 888. The maximum absolute atomic E-state index is 12.7. The fourth-order valence-corrected chi connectivity index (χ4v) is 4.26. The summed E-state index contributed by atoms with van der Waals surface area (Å²) in [5, 5.41) is 18.6. The molecule has 0 aromatic heterocycles. The molecule has 2 aliphatic rings. The lowest BCUT2D eigenvalue weighted by molar-refractivity contribution is -0.117. The van der Waals surface area contributed by atoms with E-state index in [1.165, 1.54) is 6.42 Å². The van der Waals surface area contributed by atoms with E-state index in [2.05, 4.69) is 60.7 Å². The van der Waals surface area contributed by atoms with Crippen LogP contribution in [0.5, 0.6) is 0 Å². The van der Waals surface area contributed by atoms with E-state index < -0.39 is 0 Å². The summed E-state index contributed by atoms with van der Waals surface area (Å²) in [5.41, 5.74) is 3.50. The minimum atomic E-state index is -0.113. The average molecular weight is 465 g/mol. The van der Waals surface area contributed by atoms with E-state index in [1.54, 1.807) is 6.08 Å². The highest BCUT2D eigenvalue weighted by Crippen LogP contribution is 2.23. The van der Waals surface area contributed by atoms with Gasteiger partial charge in [0.05, 0.1) is 5.71 Å². The maximum atomic E-state index is 12.7. The van der Waals surface area contributed by atoms with Gasteiger partial charge < -0.3 is 16.0 Å². The molecule has 0 aromatic carbocycles. The third-order valence-electron chi connectivity index (χ3n) is 6.55. The van der Waals surface area contributed by atoms with Crippen LogP contribution < -0.4 is 16.0 Å². The van der Waals surface area contributed by atoms with Gasteiger partial charge in [-0.15, -0.1) is 0 Å². The molecule has 34 heavy (non-hydrogen) atoms. The fourth-order valence-electron chi connectivity index (χ4n) is 4.26. The molecular weight excluding hydrogens is 420 g/mol. The summed E-state index contributed by atoms with van der Waals surface area (Å²) in [7, 11) is 1.86. The Morgan fingerprint density at radius 1 is 1.21 bits per heavy atom. The van der Waals surface area contributed by atoms with Crippen molar-refractivity contribution in [3.05, 3.63) is 71.3 Å². The molecule has 0 radical (unpaired) electrons. The van der Waals surface area contributed by atoms with Gasteiger partial charge in [-0.1, -0.05) is 64.0 Å². The van der Waals surface area contributed by atoms with Crippen molar-refractivity contribution in [3.8, 4) is 0 Å². The molecule has 186 valence electrons. The molecule has 0 spiro atoms. The Morgan fingerprint density at radius 3 is 2.68 bits per heavy atom. The lowest BCUT2D eigenvalue weighted by atomic mass is 10.00. The lowest BCUT2D eigenvalue weighted by Crippen LogP contribution is -2.34. The van der Waals surface area contributed by atoms with Crippen LogP contribution in [0.15, 0.2) is 71.3 Å². The van der Waals surface area contributed by atoms with Crippen LogP contribution in [-0.4, -0.2) is 24.7 Å². The van der Waals surface area contributed by atoms with Crippen LogP contribution in [0.4, 0.5) is 0 Å².